The molecule has 0 bridgehead atoms. The van der Waals surface area contributed by atoms with Crippen LogP contribution in [-0.4, -0.2) is 34.3 Å². The Bertz CT molecular complexity index is 587. The van der Waals surface area contributed by atoms with Crippen LogP contribution < -0.4 is 10.5 Å². The molecule has 1 aromatic heterocycles. The zero-order valence-electron chi connectivity index (χ0n) is 11.3. The van der Waals surface area contributed by atoms with Crippen molar-refractivity contribution in [2.24, 2.45) is 5.73 Å². The SMILES string of the molecule is CCOc1ccccc1-c1noc(C2CSCC2N)n1. The third-order valence-electron chi connectivity index (χ3n) is 3.31. The highest BCUT2D eigenvalue weighted by atomic mass is 32.2. The number of para-hydroxylation sites is 1. The first-order valence-corrected chi connectivity index (χ1v) is 7.84. The average Bonchev–Trinajstić information content (AvgIpc) is 3.08. The fourth-order valence-electron chi connectivity index (χ4n) is 2.25. The van der Waals surface area contributed by atoms with Gasteiger partial charge in [-0.2, -0.15) is 16.7 Å². The zero-order chi connectivity index (χ0) is 13.9. The molecular weight excluding hydrogens is 274 g/mol. The number of nitrogens with two attached hydrogens (primary N) is 1. The van der Waals surface area contributed by atoms with Gasteiger partial charge in [0.2, 0.25) is 11.7 Å². The van der Waals surface area contributed by atoms with Gasteiger partial charge in [-0.05, 0) is 19.1 Å². The molecule has 2 unspecified atom stereocenters. The molecule has 5 nitrogen and oxygen atoms in total. The Kier molecular flexibility index (Phi) is 3.93. The number of rotatable bonds is 4. The molecule has 2 N–H and O–H groups in total. The summed E-state index contributed by atoms with van der Waals surface area (Å²) in [5.41, 5.74) is 6.91. The standard InChI is InChI=1S/C14H17N3O2S/c1-2-18-12-6-4-3-5-9(12)13-16-14(19-17-13)10-7-20-8-11(10)15/h3-6,10-11H,2,7-8,15H2,1H3. The number of ether oxygens (including phenoxy) is 1. The highest BCUT2D eigenvalue weighted by Gasteiger charge is 2.31. The maximum absolute atomic E-state index is 6.06. The van der Waals surface area contributed by atoms with Gasteiger partial charge >= 0.3 is 0 Å². The summed E-state index contributed by atoms with van der Waals surface area (Å²) in [4.78, 5) is 4.50. The molecule has 0 aliphatic carbocycles. The van der Waals surface area contributed by atoms with Crippen LogP contribution >= 0.6 is 11.8 Å². The van der Waals surface area contributed by atoms with Crippen LogP contribution in [0.25, 0.3) is 11.4 Å². The maximum Gasteiger partial charge on any atom is 0.232 e. The molecule has 20 heavy (non-hydrogen) atoms. The Hall–Kier alpha value is -1.53. The third-order valence-corrected chi connectivity index (χ3v) is 4.53. The molecule has 3 rings (SSSR count). The third kappa shape index (κ3) is 2.53. The van der Waals surface area contributed by atoms with Gasteiger partial charge in [-0.3, -0.25) is 0 Å². The summed E-state index contributed by atoms with van der Waals surface area (Å²) in [6.07, 6.45) is 0. The van der Waals surface area contributed by atoms with Crippen LogP contribution in [0.5, 0.6) is 5.75 Å². The Balaban J connectivity index is 1.90. The molecule has 6 heteroatoms. The lowest BCUT2D eigenvalue weighted by Gasteiger charge is -2.08. The quantitative estimate of drug-likeness (QED) is 0.931. The predicted molar refractivity (Wildman–Crippen MR) is 78.9 cm³/mol. The van der Waals surface area contributed by atoms with Crippen molar-refractivity contribution >= 4 is 11.8 Å². The van der Waals surface area contributed by atoms with Gasteiger partial charge < -0.3 is 15.0 Å². The number of hydrogen-bond donors (Lipinski definition) is 1. The van der Waals surface area contributed by atoms with E-state index in [9.17, 15) is 0 Å². The molecule has 1 aliphatic rings. The fourth-order valence-corrected chi connectivity index (χ4v) is 3.54. The van der Waals surface area contributed by atoms with E-state index >= 15 is 0 Å². The Morgan fingerprint density at radius 3 is 3.00 bits per heavy atom. The Morgan fingerprint density at radius 1 is 1.40 bits per heavy atom. The van der Waals surface area contributed by atoms with Crippen LogP contribution in [0.2, 0.25) is 0 Å². The van der Waals surface area contributed by atoms with Crippen molar-refractivity contribution < 1.29 is 9.26 Å². The van der Waals surface area contributed by atoms with Gasteiger partial charge in [0.05, 0.1) is 18.1 Å². The monoisotopic (exact) mass is 291 g/mol. The van der Waals surface area contributed by atoms with E-state index in [2.05, 4.69) is 10.1 Å². The maximum atomic E-state index is 6.06. The van der Waals surface area contributed by atoms with Crippen molar-refractivity contribution in [3.05, 3.63) is 30.2 Å². The smallest absolute Gasteiger partial charge is 0.232 e. The van der Waals surface area contributed by atoms with E-state index < -0.39 is 0 Å². The van der Waals surface area contributed by atoms with Gasteiger partial charge in [-0.15, -0.1) is 0 Å². The summed E-state index contributed by atoms with van der Waals surface area (Å²) >= 11 is 1.82. The highest BCUT2D eigenvalue weighted by Crippen LogP contribution is 2.33. The summed E-state index contributed by atoms with van der Waals surface area (Å²) in [5.74, 6) is 4.00. The van der Waals surface area contributed by atoms with E-state index in [0.29, 0.717) is 18.3 Å². The molecule has 1 saturated heterocycles. The van der Waals surface area contributed by atoms with Crippen molar-refractivity contribution in [2.75, 3.05) is 18.1 Å². The molecule has 106 valence electrons. The van der Waals surface area contributed by atoms with Crippen molar-refractivity contribution in [2.45, 2.75) is 18.9 Å². The summed E-state index contributed by atoms with van der Waals surface area (Å²) < 4.78 is 11.0. The van der Waals surface area contributed by atoms with Crippen molar-refractivity contribution in [3.8, 4) is 17.1 Å². The Morgan fingerprint density at radius 2 is 2.25 bits per heavy atom. The number of hydrogen-bond acceptors (Lipinski definition) is 6. The van der Waals surface area contributed by atoms with E-state index in [1.165, 1.54) is 0 Å². The van der Waals surface area contributed by atoms with Gasteiger partial charge in [-0.1, -0.05) is 17.3 Å². The second-order valence-corrected chi connectivity index (χ2v) is 5.77. The lowest BCUT2D eigenvalue weighted by Crippen LogP contribution is -2.26. The number of nitrogens with zero attached hydrogens (tertiary/aromatic N) is 2. The molecule has 2 heterocycles. The molecule has 0 amide bonds. The molecule has 0 spiro atoms. The zero-order valence-corrected chi connectivity index (χ0v) is 12.1. The number of benzene rings is 1. The molecule has 2 aromatic rings. The first kappa shape index (κ1) is 13.5. The summed E-state index contributed by atoms with van der Waals surface area (Å²) in [6, 6.07) is 7.80. The van der Waals surface area contributed by atoms with Crippen LogP contribution in [-0.2, 0) is 0 Å². The topological polar surface area (TPSA) is 74.2 Å². The van der Waals surface area contributed by atoms with E-state index in [0.717, 1.165) is 22.8 Å². The summed E-state index contributed by atoms with van der Waals surface area (Å²) in [6.45, 7) is 2.55. The fraction of sp³-hybridized carbons (Fsp3) is 0.429. The largest absolute Gasteiger partial charge is 0.493 e. The lowest BCUT2D eigenvalue weighted by molar-refractivity contribution is 0.340. The van der Waals surface area contributed by atoms with Crippen LogP contribution in [0.3, 0.4) is 0 Å². The summed E-state index contributed by atoms with van der Waals surface area (Å²) in [7, 11) is 0. The minimum atomic E-state index is 0.0930. The van der Waals surface area contributed by atoms with Crippen molar-refractivity contribution in [1.29, 1.82) is 0 Å². The van der Waals surface area contributed by atoms with Gasteiger partial charge in [0.25, 0.3) is 0 Å². The molecule has 1 aliphatic heterocycles. The van der Waals surface area contributed by atoms with Gasteiger partial charge in [-0.25, -0.2) is 0 Å². The lowest BCUT2D eigenvalue weighted by atomic mass is 10.1. The number of thioether (sulfide) groups is 1. The molecule has 0 radical (unpaired) electrons. The van der Waals surface area contributed by atoms with Gasteiger partial charge in [0, 0.05) is 17.5 Å². The van der Waals surface area contributed by atoms with Gasteiger partial charge in [0.1, 0.15) is 5.75 Å². The molecule has 0 saturated carbocycles. The van der Waals surface area contributed by atoms with E-state index in [1.807, 2.05) is 43.0 Å². The van der Waals surface area contributed by atoms with E-state index in [-0.39, 0.29) is 12.0 Å². The second-order valence-electron chi connectivity index (χ2n) is 4.69. The second kappa shape index (κ2) is 5.85. The van der Waals surface area contributed by atoms with Crippen molar-refractivity contribution in [1.82, 2.24) is 10.1 Å². The first-order chi connectivity index (χ1) is 9.79. The molecule has 2 atom stereocenters. The van der Waals surface area contributed by atoms with Crippen LogP contribution in [0.4, 0.5) is 0 Å². The normalized spacial score (nSPS) is 22.1. The number of aromatic nitrogens is 2. The minimum absolute atomic E-state index is 0.0930. The highest BCUT2D eigenvalue weighted by molar-refractivity contribution is 7.99. The predicted octanol–water partition coefficient (Wildman–Crippen LogP) is 2.29. The summed E-state index contributed by atoms with van der Waals surface area (Å²) in [5, 5.41) is 4.08. The van der Waals surface area contributed by atoms with E-state index in [1.54, 1.807) is 0 Å². The molecule has 1 fully saturated rings. The van der Waals surface area contributed by atoms with Crippen LogP contribution in [0, 0.1) is 0 Å². The molecule has 1 aromatic carbocycles. The first-order valence-electron chi connectivity index (χ1n) is 6.68. The van der Waals surface area contributed by atoms with Gasteiger partial charge in [0.15, 0.2) is 0 Å². The molecular formula is C14H17N3O2S. The minimum Gasteiger partial charge on any atom is -0.493 e. The average molecular weight is 291 g/mol. The Labute approximate surface area is 121 Å². The van der Waals surface area contributed by atoms with Crippen molar-refractivity contribution in [3.63, 3.8) is 0 Å². The van der Waals surface area contributed by atoms with E-state index in [4.69, 9.17) is 15.0 Å². The van der Waals surface area contributed by atoms with Crippen LogP contribution in [0.15, 0.2) is 28.8 Å². The van der Waals surface area contributed by atoms with Crippen LogP contribution in [0.1, 0.15) is 18.7 Å².